The Morgan fingerprint density at radius 3 is 2.88 bits per heavy atom. The standard InChI is InChI=1S/C13H15N3O/c1-16(10-7-14-8-10)13(17)11-4-2-3-9-5-6-15-12(9)11/h2-6,10,14-15H,7-8H2,1H3. The van der Waals surface area contributed by atoms with Gasteiger partial charge in [-0.15, -0.1) is 0 Å². The number of para-hydroxylation sites is 1. The molecule has 2 aromatic rings. The van der Waals surface area contributed by atoms with Crippen molar-refractivity contribution in [3.63, 3.8) is 0 Å². The fourth-order valence-electron chi connectivity index (χ4n) is 2.17. The molecule has 2 heterocycles. The third-order valence-electron chi connectivity index (χ3n) is 3.45. The van der Waals surface area contributed by atoms with Gasteiger partial charge in [0.05, 0.1) is 17.1 Å². The number of carbonyl (C=O) groups is 1. The molecule has 4 nitrogen and oxygen atoms in total. The number of H-pyrrole nitrogens is 1. The van der Waals surface area contributed by atoms with Crippen molar-refractivity contribution >= 4 is 16.8 Å². The number of benzene rings is 1. The SMILES string of the molecule is CN(C(=O)c1cccc2cc[nH]c12)C1CNC1. The summed E-state index contributed by atoms with van der Waals surface area (Å²) < 4.78 is 0. The number of nitrogens with one attached hydrogen (secondary N) is 2. The normalized spacial score (nSPS) is 15.8. The summed E-state index contributed by atoms with van der Waals surface area (Å²) in [6.07, 6.45) is 1.87. The van der Waals surface area contributed by atoms with E-state index < -0.39 is 0 Å². The van der Waals surface area contributed by atoms with Gasteiger partial charge in [-0.1, -0.05) is 12.1 Å². The van der Waals surface area contributed by atoms with Crippen molar-refractivity contribution in [2.24, 2.45) is 0 Å². The van der Waals surface area contributed by atoms with Gasteiger partial charge in [-0.2, -0.15) is 0 Å². The number of hydrogen-bond acceptors (Lipinski definition) is 2. The highest BCUT2D eigenvalue weighted by Crippen LogP contribution is 2.19. The van der Waals surface area contributed by atoms with E-state index in [1.54, 1.807) is 0 Å². The molecular weight excluding hydrogens is 214 g/mol. The van der Waals surface area contributed by atoms with Gasteiger partial charge in [0.25, 0.3) is 5.91 Å². The Labute approximate surface area is 99.6 Å². The zero-order chi connectivity index (χ0) is 11.8. The van der Waals surface area contributed by atoms with Gasteiger partial charge < -0.3 is 15.2 Å². The van der Waals surface area contributed by atoms with Crippen LogP contribution in [0.1, 0.15) is 10.4 Å². The molecule has 1 amide bonds. The number of nitrogens with zero attached hydrogens (tertiary/aromatic N) is 1. The van der Waals surface area contributed by atoms with E-state index in [9.17, 15) is 4.79 Å². The molecule has 2 N–H and O–H groups in total. The molecule has 1 fully saturated rings. The highest BCUT2D eigenvalue weighted by atomic mass is 16.2. The second kappa shape index (κ2) is 3.89. The van der Waals surface area contributed by atoms with Crippen LogP contribution in [-0.4, -0.2) is 42.0 Å². The van der Waals surface area contributed by atoms with E-state index >= 15 is 0 Å². The Kier molecular flexibility index (Phi) is 2.37. The summed E-state index contributed by atoms with van der Waals surface area (Å²) in [7, 11) is 1.87. The summed E-state index contributed by atoms with van der Waals surface area (Å²) in [5.41, 5.74) is 1.68. The van der Waals surface area contributed by atoms with Crippen molar-refractivity contribution in [1.29, 1.82) is 0 Å². The Morgan fingerprint density at radius 2 is 2.18 bits per heavy atom. The van der Waals surface area contributed by atoms with Crippen molar-refractivity contribution in [2.45, 2.75) is 6.04 Å². The van der Waals surface area contributed by atoms with Crippen LogP contribution in [0.2, 0.25) is 0 Å². The van der Waals surface area contributed by atoms with Crippen LogP contribution in [0.25, 0.3) is 10.9 Å². The van der Waals surface area contributed by atoms with Crippen LogP contribution in [0.15, 0.2) is 30.5 Å². The first-order chi connectivity index (χ1) is 8.27. The van der Waals surface area contributed by atoms with Crippen molar-refractivity contribution in [2.75, 3.05) is 20.1 Å². The van der Waals surface area contributed by atoms with Gasteiger partial charge in [0.2, 0.25) is 0 Å². The van der Waals surface area contributed by atoms with E-state index in [1.807, 2.05) is 42.4 Å². The van der Waals surface area contributed by atoms with Crippen LogP contribution in [0.3, 0.4) is 0 Å². The van der Waals surface area contributed by atoms with Crippen LogP contribution in [-0.2, 0) is 0 Å². The molecule has 1 aromatic heterocycles. The fourth-order valence-corrected chi connectivity index (χ4v) is 2.17. The zero-order valence-electron chi connectivity index (χ0n) is 9.73. The Morgan fingerprint density at radius 1 is 1.35 bits per heavy atom. The Hall–Kier alpha value is -1.81. The first-order valence-corrected chi connectivity index (χ1v) is 5.81. The molecule has 0 atom stereocenters. The molecule has 0 unspecified atom stereocenters. The van der Waals surface area contributed by atoms with Gasteiger partial charge in [-0.05, 0) is 12.1 Å². The lowest BCUT2D eigenvalue weighted by Crippen LogP contribution is -2.57. The van der Waals surface area contributed by atoms with E-state index in [-0.39, 0.29) is 5.91 Å². The molecule has 17 heavy (non-hydrogen) atoms. The second-order valence-electron chi connectivity index (χ2n) is 4.48. The summed E-state index contributed by atoms with van der Waals surface area (Å²) >= 11 is 0. The third kappa shape index (κ3) is 1.61. The molecule has 0 radical (unpaired) electrons. The maximum Gasteiger partial charge on any atom is 0.256 e. The average molecular weight is 229 g/mol. The van der Waals surface area contributed by atoms with Crippen molar-refractivity contribution in [3.8, 4) is 0 Å². The number of aromatic amines is 1. The smallest absolute Gasteiger partial charge is 0.256 e. The molecule has 0 spiro atoms. The number of carbonyl (C=O) groups excluding carboxylic acids is 1. The average Bonchev–Trinajstić information content (AvgIpc) is 2.73. The number of hydrogen-bond donors (Lipinski definition) is 2. The van der Waals surface area contributed by atoms with Crippen molar-refractivity contribution in [1.82, 2.24) is 15.2 Å². The lowest BCUT2D eigenvalue weighted by molar-refractivity contribution is 0.0683. The van der Waals surface area contributed by atoms with Crippen molar-refractivity contribution in [3.05, 3.63) is 36.0 Å². The fraction of sp³-hybridized carbons (Fsp3) is 0.308. The second-order valence-corrected chi connectivity index (χ2v) is 4.48. The van der Waals surface area contributed by atoms with E-state index in [0.717, 1.165) is 29.6 Å². The monoisotopic (exact) mass is 229 g/mol. The molecular formula is C13H15N3O. The largest absolute Gasteiger partial charge is 0.361 e. The van der Waals surface area contributed by atoms with Gasteiger partial charge >= 0.3 is 0 Å². The minimum Gasteiger partial charge on any atom is -0.361 e. The van der Waals surface area contributed by atoms with E-state index in [2.05, 4.69) is 10.3 Å². The van der Waals surface area contributed by atoms with Crippen LogP contribution in [0.4, 0.5) is 0 Å². The molecule has 1 aliphatic rings. The number of fused-ring (bicyclic) bond motifs is 1. The van der Waals surface area contributed by atoms with E-state index in [1.165, 1.54) is 0 Å². The summed E-state index contributed by atoms with van der Waals surface area (Å²) in [6.45, 7) is 1.78. The quantitative estimate of drug-likeness (QED) is 0.813. The minimum absolute atomic E-state index is 0.0875. The number of likely N-dealkylation sites (N-methyl/N-ethyl adjacent to an activating group) is 1. The summed E-state index contributed by atoms with van der Waals surface area (Å²) in [5, 5.41) is 4.26. The van der Waals surface area contributed by atoms with Crippen LogP contribution < -0.4 is 5.32 Å². The molecule has 1 aliphatic heterocycles. The topological polar surface area (TPSA) is 48.1 Å². The summed E-state index contributed by atoms with van der Waals surface area (Å²) in [4.78, 5) is 17.3. The van der Waals surface area contributed by atoms with Gasteiger partial charge in [-0.3, -0.25) is 4.79 Å². The maximum atomic E-state index is 12.4. The highest BCUT2D eigenvalue weighted by molar-refractivity contribution is 6.05. The highest BCUT2D eigenvalue weighted by Gasteiger charge is 2.26. The molecule has 88 valence electrons. The maximum absolute atomic E-state index is 12.4. The van der Waals surface area contributed by atoms with Gasteiger partial charge in [-0.25, -0.2) is 0 Å². The van der Waals surface area contributed by atoms with E-state index in [4.69, 9.17) is 0 Å². The summed E-state index contributed by atoms with van der Waals surface area (Å²) in [5.74, 6) is 0.0875. The van der Waals surface area contributed by atoms with Crippen molar-refractivity contribution < 1.29 is 4.79 Å². The third-order valence-corrected chi connectivity index (χ3v) is 3.45. The van der Waals surface area contributed by atoms with Crippen LogP contribution in [0, 0.1) is 0 Å². The first kappa shape index (κ1) is 10.4. The zero-order valence-corrected chi connectivity index (χ0v) is 9.73. The number of amides is 1. The van der Waals surface area contributed by atoms with Crippen LogP contribution in [0.5, 0.6) is 0 Å². The predicted octanol–water partition coefficient (Wildman–Crippen LogP) is 1.21. The molecule has 0 aliphatic carbocycles. The molecule has 3 rings (SSSR count). The van der Waals surface area contributed by atoms with Crippen LogP contribution >= 0.6 is 0 Å². The van der Waals surface area contributed by atoms with Gasteiger partial charge in [0, 0.05) is 31.7 Å². The first-order valence-electron chi connectivity index (χ1n) is 5.81. The van der Waals surface area contributed by atoms with Gasteiger partial charge in [0.1, 0.15) is 0 Å². The molecule has 0 bridgehead atoms. The molecule has 0 saturated carbocycles. The molecule has 1 saturated heterocycles. The predicted molar refractivity (Wildman–Crippen MR) is 67.0 cm³/mol. The summed E-state index contributed by atoms with van der Waals surface area (Å²) in [6, 6.07) is 8.12. The Balaban J connectivity index is 1.97. The Bertz CT molecular complexity index is 557. The lowest BCUT2D eigenvalue weighted by Gasteiger charge is -2.35. The van der Waals surface area contributed by atoms with E-state index in [0.29, 0.717) is 6.04 Å². The molecule has 1 aromatic carbocycles. The lowest BCUT2D eigenvalue weighted by atomic mass is 10.1. The number of rotatable bonds is 2. The molecule has 4 heteroatoms. The minimum atomic E-state index is 0.0875. The van der Waals surface area contributed by atoms with Gasteiger partial charge in [0.15, 0.2) is 0 Å². The number of aromatic nitrogens is 1.